The lowest BCUT2D eigenvalue weighted by atomic mass is 9.52. The number of hydrogen-bond donors (Lipinski definition) is 4. The van der Waals surface area contributed by atoms with Crippen molar-refractivity contribution in [1.82, 2.24) is 4.90 Å². The van der Waals surface area contributed by atoms with Crippen LogP contribution in [-0.2, 0) is 35.1 Å². The molecule has 3 aliphatic rings. The molecule has 0 saturated heterocycles. The Kier molecular flexibility index (Phi) is 7.34. The number of Topliss-reactive ketones (excluding diaryl/α,β-unsaturated/α-hetero) is 4. The number of rotatable bonds is 6. The fourth-order valence-electron chi connectivity index (χ4n) is 6.94. The first-order valence-electron chi connectivity index (χ1n) is 13.4. The van der Waals surface area contributed by atoms with Gasteiger partial charge in [0.05, 0.1) is 17.5 Å². The third-order valence-electron chi connectivity index (χ3n) is 8.70. The zero-order valence-electron chi connectivity index (χ0n) is 23.2. The van der Waals surface area contributed by atoms with E-state index in [2.05, 4.69) is 5.32 Å². The minimum absolute atomic E-state index is 0.0382. The van der Waals surface area contributed by atoms with E-state index >= 15 is 0 Å². The highest BCUT2D eigenvalue weighted by Gasteiger charge is 2.69. The number of aromatic hydroxyl groups is 1. The molecule has 0 aliphatic heterocycles. The number of carbonyl (C=O) groups is 6. The van der Waals surface area contributed by atoms with E-state index in [-0.39, 0.29) is 36.7 Å². The van der Waals surface area contributed by atoms with E-state index in [1.165, 1.54) is 32.2 Å². The molecule has 2 fully saturated rings. The Bertz CT molecular complexity index is 1530. The van der Waals surface area contributed by atoms with Gasteiger partial charge in [-0.15, -0.1) is 0 Å². The van der Waals surface area contributed by atoms with Crippen molar-refractivity contribution in [3.63, 3.8) is 0 Å². The van der Waals surface area contributed by atoms with Crippen LogP contribution in [0.15, 0.2) is 36.4 Å². The van der Waals surface area contributed by atoms with Crippen LogP contribution < -0.4 is 11.1 Å². The van der Waals surface area contributed by atoms with E-state index in [0.717, 1.165) is 0 Å². The average Bonchev–Trinajstić information content (AvgIpc) is 2.91. The van der Waals surface area contributed by atoms with Gasteiger partial charge in [0, 0.05) is 18.7 Å². The van der Waals surface area contributed by atoms with Crippen LogP contribution in [0.4, 0.5) is 5.69 Å². The largest absolute Gasteiger partial charge is 0.507 e. The van der Waals surface area contributed by atoms with Crippen molar-refractivity contribution in [3.8, 4) is 16.9 Å². The predicted octanol–water partition coefficient (Wildman–Crippen LogP) is 0.119. The number of hydrogen-bond acceptors (Lipinski definition) is 10. The molecule has 220 valence electrons. The highest BCUT2D eigenvalue weighted by atomic mass is 16.5. The van der Waals surface area contributed by atoms with Crippen LogP contribution in [0.1, 0.15) is 22.3 Å². The first-order chi connectivity index (χ1) is 19.8. The number of benzene rings is 2. The molecule has 3 aliphatic carbocycles. The Hall–Kier alpha value is -4.26. The molecule has 6 atom stereocenters. The number of ether oxygens (including phenoxy) is 1. The number of phenols is 1. The summed E-state index contributed by atoms with van der Waals surface area (Å²) in [5, 5.41) is 25.1. The van der Waals surface area contributed by atoms with Crippen molar-refractivity contribution in [3.05, 3.63) is 47.5 Å². The molecule has 2 saturated carbocycles. The average molecular weight is 578 g/mol. The molecule has 0 aromatic heterocycles. The van der Waals surface area contributed by atoms with Gasteiger partial charge in [-0.1, -0.05) is 18.2 Å². The number of fused-ring (bicyclic) bond motifs is 3. The Morgan fingerprint density at radius 2 is 1.74 bits per heavy atom. The minimum Gasteiger partial charge on any atom is -0.507 e. The van der Waals surface area contributed by atoms with Gasteiger partial charge in [-0.3, -0.25) is 33.7 Å². The van der Waals surface area contributed by atoms with E-state index in [9.17, 15) is 39.0 Å². The molecule has 5 N–H and O–H groups in total. The van der Waals surface area contributed by atoms with Crippen LogP contribution in [0.3, 0.4) is 0 Å². The highest BCUT2D eigenvalue weighted by Crippen LogP contribution is 2.51. The summed E-state index contributed by atoms with van der Waals surface area (Å²) in [6.07, 6.45) is 0.103. The summed E-state index contributed by atoms with van der Waals surface area (Å²) in [5.74, 6) is -11.3. The van der Waals surface area contributed by atoms with Gasteiger partial charge in [-0.05, 0) is 67.7 Å². The van der Waals surface area contributed by atoms with E-state index in [1.54, 1.807) is 30.3 Å². The smallest absolute Gasteiger partial charge is 0.250 e. The number of primary amides is 1. The van der Waals surface area contributed by atoms with Gasteiger partial charge in [-0.2, -0.15) is 0 Å². The maximum atomic E-state index is 13.9. The van der Waals surface area contributed by atoms with Crippen molar-refractivity contribution < 1.29 is 43.7 Å². The number of anilines is 1. The summed E-state index contributed by atoms with van der Waals surface area (Å²) in [7, 11) is 4.48. The molecule has 2 amide bonds. The summed E-state index contributed by atoms with van der Waals surface area (Å²) >= 11 is 0. The van der Waals surface area contributed by atoms with Gasteiger partial charge < -0.3 is 26.0 Å². The SMILES string of the molecule is COCC(=O)Nc1ccc(-c2ccc(O)c3c2CC2CC4C(N(C)C)C(=O)C(C(N)=O)C(=O)C4(O)C(=O)C2C3=O)cc1. The number of methoxy groups -OCH3 is 1. The number of phenolic OH excluding ortho intramolecular Hbond substituents is 1. The maximum absolute atomic E-state index is 13.9. The lowest BCUT2D eigenvalue weighted by Crippen LogP contribution is -2.74. The van der Waals surface area contributed by atoms with E-state index < -0.39 is 64.4 Å². The molecule has 0 bridgehead atoms. The Balaban J connectivity index is 1.56. The molecule has 0 heterocycles. The van der Waals surface area contributed by atoms with E-state index in [0.29, 0.717) is 22.4 Å². The third kappa shape index (κ3) is 4.34. The predicted molar refractivity (Wildman–Crippen MR) is 147 cm³/mol. The molecule has 5 rings (SSSR count). The summed E-state index contributed by atoms with van der Waals surface area (Å²) in [6.45, 7) is -0.109. The number of nitrogens with zero attached hydrogens (tertiary/aromatic N) is 1. The van der Waals surface area contributed by atoms with Crippen LogP contribution in [0.2, 0.25) is 0 Å². The molecule has 12 heteroatoms. The summed E-state index contributed by atoms with van der Waals surface area (Å²) in [5.41, 5.74) is 4.80. The number of nitrogens with one attached hydrogen (secondary N) is 1. The van der Waals surface area contributed by atoms with Crippen LogP contribution in [0.5, 0.6) is 5.75 Å². The van der Waals surface area contributed by atoms with Crippen LogP contribution in [0, 0.1) is 23.7 Å². The zero-order chi connectivity index (χ0) is 30.7. The van der Waals surface area contributed by atoms with Crippen molar-refractivity contribution in [2.45, 2.75) is 24.5 Å². The van der Waals surface area contributed by atoms with E-state index in [1.807, 2.05) is 0 Å². The van der Waals surface area contributed by atoms with Crippen LogP contribution >= 0.6 is 0 Å². The first kappa shape index (κ1) is 29.2. The molecule has 2 aromatic rings. The van der Waals surface area contributed by atoms with Crippen LogP contribution in [0.25, 0.3) is 11.1 Å². The number of amides is 2. The lowest BCUT2D eigenvalue weighted by molar-refractivity contribution is -0.181. The Labute approximate surface area is 240 Å². The molecule has 0 spiro atoms. The quantitative estimate of drug-likeness (QED) is 0.343. The second-order valence-corrected chi connectivity index (χ2v) is 11.3. The summed E-state index contributed by atoms with van der Waals surface area (Å²) in [4.78, 5) is 79.8. The molecule has 6 unspecified atom stereocenters. The normalized spacial score (nSPS) is 28.6. The Morgan fingerprint density at radius 1 is 1.07 bits per heavy atom. The standard InChI is InChI=1S/C30H31N3O9/c1-33(2)24-18-11-14-10-17-16(13-4-6-15(7-5-13)32-20(35)12-42-3)8-9-19(34)22(17)25(36)21(14)27(38)30(18,41)28(39)23(26(24)37)29(31)40/h4-9,14,18,21,23-24,34,41H,10-12H2,1-3H3,(H2,31,40)(H,32,35). The first-order valence-corrected chi connectivity index (χ1v) is 13.4. The molecular weight excluding hydrogens is 546 g/mol. The number of aliphatic hydroxyl groups is 1. The highest BCUT2D eigenvalue weighted by molar-refractivity contribution is 6.32. The minimum atomic E-state index is -2.77. The number of carbonyl (C=O) groups excluding carboxylic acids is 6. The topological polar surface area (TPSA) is 193 Å². The third-order valence-corrected chi connectivity index (χ3v) is 8.70. The van der Waals surface area contributed by atoms with Gasteiger partial charge in [-0.25, -0.2) is 0 Å². The van der Waals surface area contributed by atoms with Gasteiger partial charge in [0.1, 0.15) is 12.4 Å². The van der Waals surface area contributed by atoms with Gasteiger partial charge in [0.2, 0.25) is 11.8 Å². The fraction of sp³-hybridized carbons (Fsp3) is 0.400. The Morgan fingerprint density at radius 3 is 2.33 bits per heavy atom. The van der Waals surface area contributed by atoms with Crippen molar-refractivity contribution >= 4 is 40.6 Å². The summed E-state index contributed by atoms with van der Waals surface area (Å²) in [6, 6.07) is 8.64. The maximum Gasteiger partial charge on any atom is 0.250 e. The van der Waals surface area contributed by atoms with Crippen molar-refractivity contribution in [2.75, 3.05) is 33.1 Å². The molecule has 42 heavy (non-hydrogen) atoms. The molecule has 2 aromatic carbocycles. The van der Waals surface area contributed by atoms with Gasteiger partial charge in [0.15, 0.2) is 34.7 Å². The van der Waals surface area contributed by atoms with E-state index in [4.69, 9.17) is 10.5 Å². The van der Waals surface area contributed by atoms with Crippen molar-refractivity contribution in [2.24, 2.45) is 29.4 Å². The van der Waals surface area contributed by atoms with Gasteiger partial charge >= 0.3 is 0 Å². The van der Waals surface area contributed by atoms with Gasteiger partial charge in [0.25, 0.3) is 0 Å². The monoisotopic (exact) mass is 577 g/mol. The fourth-order valence-corrected chi connectivity index (χ4v) is 6.94. The second kappa shape index (κ2) is 10.5. The molecule has 0 radical (unpaired) electrons. The van der Waals surface area contributed by atoms with Crippen LogP contribution in [-0.4, -0.2) is 89.5 Å². The summed E-state index contributed by atoms with van der Waals surface area (Å²) < 4.78 is 4.82. The molecular formula is C30H31N3O9. The van der Waals surface area contributed by atoms with Crippen molar-refractivity contribution in [1.29, 1.82) is 0 Å². The lowest BCUT2D eigenvalue weighted by Gasteiger charge is -2.52. The molecule has 12 nitrogen and oxygen atoms in total. The second-order valence-electron chi connectivity index (χ2n) is 11.3. The number of ketones is 4. The number of nitrogens with two attached hydrogens (primary N) is 1. The zero-order valence-corrected chi connectivity index (χ0v) is 23.2. The number of likely N-dealkylation sites (N-methyl/N-ethyl adjacent to an activating group) is 1.